The van der Waals surface area contributed by atoms with Crippen LogP contribution in [0.15, 0.2) is 48.5 Å². The minimum absolute atomic E-state index is 0.0580. The van der Waals surface area contributed by atoms with E-state index in [-0.39, 0.29) is 5.92 Å². The molecule has 2 aromatic carbocycles. The highest BCUT2D eigenvalue weighted by molar-refractivity contribution is 5.79. The molecule has 0 spiro atoms. The Bertz CT molecular complexity index is 976. The SMILES string of the molecule is CCCCOCCOCCOCCOCCOCCOCCOCCCNC(=O)OCC1c2ccccc2-c2ccccc21. The van der Waals surface area contributed by atoms with Gasteiger partial charge in [-0.05, 0) is 35.1 Å². The molecule has 0 fully saturated rings. The van der Waals surface area contributed by atoms with Crippen LogP contribution in [0.1, 0.15) is 43.2 Å². The largest absolute Gasteiger partial charge is 0.449 e. The molecule has 0 saturated carbocycles. The second-order valence-corrected chi connectivity index (χ2v) is 10.2. The molecule has 1 aliphatic carbocycles. The highest BCUT2D eigenvalue weighted by Gasteiger charge is 2.28. The van der Waals surface area contributed by atoms with E-state index in [1.165, 1.54) is 22.3 Å². The van der Waals surface area contributed by atoms with Crippen LogP contribution in [0.5, 0.6) is 0 Å². The highest BCUT2D eigenvalue weighted by atomic mass is 16.6. The van der Waals surface area contributed by atoms with E-state index < -0.39 is 6.09 Å². The molecule has 10 nitrogen and oxygen atoms in total. The smallest absolute Gasteiger partial charge is 0.407 e. The van der Waals surface area contributed by atoms with Crippen molar-refractivity contribution >= 4 is 6.09 Å². The van der Waals surface area contributed by atoms with Crippen molar-refractivity contribution in [1.82, 2.24) is 5.32 Å². The summed E-state index contributed by atoms with van der Waals surface area (Å²) in [6.07, 6.45) is 2.52. The Kier molecular flexibility index (Phi) is 19.4. The lowest BCUT2D eigenvalue weighted by atomic mass is 9.98. The van der Waals surface area contributed by atoms with Crippen molar-refractivity contribution < 1.29 is 42.7 Å². The fourth-order valence-electron chi connectivity index (χ4n) is 4.68. The van der Waals surface area contributed by atoms with E-state index >= 15 is 0 Å². The van der Waals surface area contributed by atoms with Gasteiger partial charge >= 0.3 is 6.09 Å². The van der Waals surface area contributed by atoms with Gasteiger partial charge in [-0.1, -0.05) is 61.9 Å². The molecule has 0 radical (unpaired) electrons. The van der Waals surface area contributed by atoms with E-state index in [1.807, 2.05) is 24.3 Å². The number of nitrogens with one attached hydrogen (secondary N) is 1. The zero-order chi connectivity index (χ0) is 30.9. The number of alkyl carbamates (subject to hydrolysis) is 1. The molecule has 246 valence electrons. The molecule has 0 bridgehead atoms. The molecule has 1 aliphatic rings. The van der Waals surface area contributed by atoms with E-state index in [0.29, 0.717) is 105 Å². The molecule has 0 saturated heterocycles. The first-order valence-corrected chi connectivity index (χ1v) is 15.9. The van der Waals surface area contributed by atoms with Crippen LogP contribution in [-0.2, 0) is 37.9 Å². The summed E-state index contributed by atoms with van der Waals surface area (Å²) in [7, 11) is 0. The number of hydrogen-bond donors (Lipinski definition) is 1. The van der Waals surface area contributed by atoms with E-state index in [9.17, 15) is 4.79 Å². The van der Waals surface area contributed by atoms with E-state index in [2.05, 4.69) is 36.5 Å². The van der Waals surface area contributed by atoms with Crippen LogP contribution in [0.2, 0.25) is 0 Å². The lowest BCUT2D eigenvalue weighted by molar-refractivity contribution is -0.0205. The highest BCUT2D eigenvalue weighted by Crippen LogP contribution is 2.44. The van der Waals surface area contributed by atoms with Gasteiger partial charge in [-0.25, -0.2) is 4.79 Å². The van der Waals surface area contributed by atoms with Crippen LogP contribution in [0, 0.1) is 0 Å². The molecule has 1 amide bonds. The topological polar surface area (TPSA) is 103 Å². The summed E-state index contributed by atoms with van der Waals surface area (Å²) in [4.78, 5) is 12.2. The number of carbonyl (C=O) groups is 1. The van der Waals surface area contributed by atoms with Crippen molar-refractivity contribution in [2.45, 2.75) is 32.1 Å². The first-order chi connectivity index (χ1) is 21.8. The third-order valence-electron chi connectivity index (χ3n) is 6.95. The molecule has 0 aromatic heterocycles. The van der Waals surface area contributed by atoms with Gasteiger partial charge in [0.25, 0.3) is 0 Å². The van der Waals surface area contributed by atoms with Crippen molar-refractivity contribution in [3.05, 3.63) is 59.7 Å². The number of amides is 1. The predicted molar refractivity (Wildman–Crippen MR) is 168 cm³/mol. The Labute approximate surface area is 262 Å². The maximum Gasteiger partial charge on any atom is 0.407 e. The summed E-state index contributed by atoms with van der Waals surface area (Å²) in [5.74, 6) is 0.0580. The second kappa shape index (κ2) is 23.8. The molecule has 10 heteroatoms. The quantitative estimate of drug-likeness (QED) is 0.141. The van der Waals surface area contributed by atoms with Crippen LogP contribution < -0.4 is 5.32 Å². The summed E-state index contributed by atoms with van der Waals surface area (Å²) < 4.78 is 43.9. The normalized spacial score (nSPS) is 12.3. The van der Waals surface area contributed by atoms with E-state index in [0.717, 1.165) is 19.4 Å². The number of benzene rings is 2. The standard InChI is InChI=1S/C34H51NO9/c1-2-3-14-37-16-18-39-20-22-41-24-26-43-27-25-42-23-21-40-19-17-38-15-8-13-35-34(36)44-28-33-31-11-6-4-9-29(31)30-10-5-7-12-32(30)33/h4-7,9-12,33H,2-3,8,13-28H2,1H3,(H,35,36). The summed E-state index contributed by atoms with van der Waals surface area (Å²) in [6.45, 7) is 10.7. The van der Waals surface area contributed by atoms with Crippen LogP contribution in [-0.4, -0.2) is 112 Å². The van der Waals surface area contributed by atoms with Crippen LogP contribution >= 0.6 is 0 Å². The van der Waals surface area contributed by atoms with Crippen molar-refractivity contribution in [3.8, 4) is 11.1 Å². The number of rotatable bonds is 27. The number of unbranched alkanes of at least 4 members (excludes halogenated alkanes) is 1. The van der Waals surface area contributed by atoms with Gasteiger partial charge in [0, 0.05) is 25.7 Å². The monoisotopic (exact) mass is 617 g/mol. The zero-order valence-corrected chi connectivity index (χ0v) is 26.3. The second-order valence-electron chi connectivity index (χ2n) is 10.2. The number of fused-ring (bicyclic) bond motifs is 3. The molecule has 44 heavy (non-hydrogen) atoms. The van der Waals surface area contributed by atoms with Crippen molar-refractivity contribution in [3.63, 3.8) is 0 Å². The Balaban J connectivity index is 1.02. The third kappa shape index (κ3) is 14.5. The van der Waals surface area contributed by atoms with Gasteiger partial charge in [0.1, 0.15) is 6.61 Å². The Hall–Kier alpha value is -2.57. The Morgan fingerprint density at radius 2 is 0.955 bits per heavy atom. The van der Waals surface area contributed by atoms with Crippen LogP contribution in [0.3, 0.4) is 0 Å². The van der Waals surface area contributed by atoms with E-state index in [1.54, 1.807) is 0 Å². The average Bonchev–Trinajstić information content (AvgIpc) is 3.37. The van der Waals surface area contributed by atoms with Gasteiger partial charge in [-0.15, -0.1) is 0 Å². The minimum atomic E-state index is -0.408. The summed E-state index contributed by atoms with van der Waals surface area (Å²) in [5, 5.41) is 2.80. The molecule has 3 rings (SSSR count). The molecule has 1 N–H and O–H groups in total. The molecule has 0 atom stereocenters. The Morgan fingerprint density at radius 3 is 1.39 bits per heavy atom. The third-order valence-corrected chi connectivity index (χ3v) is 6.95. The number of ether oxygens (including phenoxy) is 8. The van der Waals surface area contributed by atoms with Crippen LogP contribution in [0.25, 0.3) is 11.1 Å². The van der Waals surface area contributed by atoms with Crippen molar-refractivity contribution in [2.24, 2.45) is 0 Å². The number of carbonyl (C=O) groups excluding carboxylic acids is 1. The molecule has 0 aliphatic heterocycles. The van der Waals surface area contributed by atoms with Gasteiger partial charge in [-0.3, -0.25) is 0 Å². The van der Waals surface area contributed by atoms with Gasteiger partial charge in [0.05, 0.1) is 79.3 Å². The van der Waals surface area contributed by atoms with Crippen LogP contribution in [0.4, 0.5) is 4.79 Å². The average molecular weight is 618 g/mol. The zero-order valence-electron chi connectivity index (χ0n) is 26.3. The van der Waals surface area contributed by atoms with Gasteiger partial charge in [-0.2, -0.15) is 0 Å². The summed E-state index contributed by atoms with van der Waals surface area (Å²) in [6, 6.07) is 16.6. The fraction of sp³-hybridized carbons (Fsp3) is 0.618. The van der Waals surface area contributed by atoms with Gasteiger partial charge in [0.15, 0.2) is 0 Å². The van der Waals surface area contributed by atoms with E-state index in [4.69, 9.17) is 37.9 Å². The molecule has 2 aromatic rings. The summed E-state index contributed by atoms with van der Waals surface area (Å²) >= 11 is 0. The van der Waals surface area contributed by atoms with Gasteiger partial charge < -0.3 is 43.2 Å². The minimum Gasteiger partial charge on any atom is -0.449 e. The Morgan fingerprint density at radius 1 is 0.568 bits per heavy atom. The molecule has 0 heterocycles. The maximum absolute atomic E-state index is 12.2. The maximum atomic E-state index is 12.2. The van der Waals surface area contributed by atoms with Crippen molar-refractivity contribution in [1.29, 1.82) is 0 Å². The van der Waals surface area contributed by atoms with Crippen molar-refractivity contribution in [2.75, 3.05) is 106 Å². The first kappa shape index (κ1) is 35.9. The predicted octanol–water partition coefficient (Wildman–Crippen LogP) is 4.83. The lowest BCUT2D eigenvalue weighted by Crippen LogP contribution is -2.27. The van der Waals surface area contributed by atoms with Gasteiger partial charge in [0.2, 0.25) is 0 Å². The molecular weight excluding hydrogens is 566 g/mol. The first-order valence-electron chi connectivity index (χ1n) is 15.9. The lowest BCUT2D eigenvalue weighted by Gasteiger charge is -2.14. The summed E-state index contributed by atoms with van der Waals surface area (Å²) in [5.41, 5.74) is 4.83. The fourth-order valence-corrected chi connectivity index (χ4v) is 4.68. The molecular formula is C34H51NO9. The number of hydrogen-bond acceptors (Lipinski definition) is 9. The molecule has 0 unspecified atom stereocenters.